The predicted octanol–water partition coefficient (Wildman–Crippen LogP) is 2.82. The highest BCUT2D eigenvalue weighted by Gasteiger charge is 2.10. The van der Waals surface area contributed by atoms with E-state index in [9.17, 15) is 13.2 Å². The molecule has 2 rings (SSSR count). The van der Waals surface area contributed by atoms with Crippen LogP contribution in [-0.2, 0) is 16.6 Å². The van der Waals surface area contributed by atoms with Crippen molar-refractivity contribution >= 4 is 31.9 Å². The highest BCUT2D eigenvalue weighted by atomic mass is 79.9. The van der Waals surface area contributed by atoms with Crippen LogP contribution in [-0.4, -0.2) is 20.9 Å². The third-order valence-corrected chi connectivity index (χ3v) is 4.91. The van der Waals surface area contributed by atoms with Gasteiger partial charge in [0.15, 0.2) is 0 Å². The number of rotatable bonds is 7. The average molecular weight is 427 g/mol. The maximum absolute atomic E-state index is 12.2. The summed E-state index contributed by atoms with van der Waals surface area (Å²) in [6.07, 6.45) is 0.902. The van der Waals surface area contributed by atoms with Gasteiger partial charge in [0, 0.05) is 12.1 Å². The fourth-order valence-corrected chi connectivity index (χ4v) is 3.06. The SMILES string of the molecule is CCCOc1ccc(C(=O)NCc2ccc(S(N)(=O)=O)cc2)cc1Br. The normalized spacial score (nSPS) is 11.2. The molecule has 0 spiro atoms. The lowest BCUT2D eigenvalue weighted by atomic mass is 10.2. The summed E-state index contributed by atoms with van der Waals surface area (Å²) in [5.74, 6) is 0.454. The van der Waals surface area contributed by atoms with Crippen molar-refractivity contribution < 1.29 is 17.9 Å². The summed E-state index contributed by atoms with van der Waals surface area (Å²) >= 11 is 3.39. The monoisotopic (exact) mass is 426 g/mol. The first-order valence-corrected chi connectivity index (χ1v) is 9.97. The van der Waals surface area contributed by atoms with Gasteiger partial charge in [-0.15, -0.1) is 0 Å². The summed E-state index contributed by atoms with van der Waals surface area (Å²) in [7, 11) is -3.71. The second-order valence-corrected chi connectivity index (χ2v) is 7.78. The molecule has 0 saturated heterocycles. The lowest BCUT2D eigenvalue weighted by Gasteiger charge is -2.10. The van der Waals surface area contributed by atoms with Crippen molar-refractivity contribution in [2.24, 2.45) is 5.14 Å². The van der Waals surface area contributed by atoms with Crippen LogP contribution in [0.15, 0.2) is 51.8 Å². The Balaban J connectivity index is 1.99. The molecule has 0 aliphatic heterocycles. The number of ether oxygens (including phenoxy) is 1. The van der Waals surface area contributed by atoms with Crippen LogP contribution >= 0.6 is 15.9 Å². The number of carbonyl (C=O) groups excluding carboxylic acids is 1. The van der Waals surface area contributed by atoms with E-state index in [4.69, 9.17) is 9.88 Å². The molecule has 0 unspecified atom stereocenters. The first-order valence-electron chi connectivity index (χ1n) is 7.63. The zero-order chi connectivity index (χ0) is 18.4. The maximum atomic E-state index is 12.2. The van der Waals surface area contributed by atoms with Crippen LogP contribution in [0.1, 0.15) is 29.3 Å². The molecule has 0 bridgehead atoms. The summed E-state index contributed by atoms with van der Waals surface area (Å²) in [5.41, 5.74) is 1.26. The van der Waals surface area contributed by atoms with Gasteiger partial charge < -0.3 is 10.1 Å². The largest absolute Gasteiger partial charge is 0.492 e. The Kier molecular flexibility index (Phi) is 6.57. The molecule has 6 nitrogen and oxygen atoms in total. The molecule has 0 heterocycles. The van der Waals surface area contributed by atoms with Crippen LogP contribution in [0.2, 0.25) is 0 Å². The quantitative estimate of drug-likeness (QED) is 0.710. The van der Waals surface area contributed by atoms with Crippen LogP contribution < -0.4 is 15.2 Å². The molecule has 8 heteroatoms. The molecule has 0 aliphatic carbocycles. The Morgan fingerprint density at radius 2 is 1.88 bits per heavy atom. The van der Waals surface area contributed by atoms with Crippen molar-refractivity contribution in [1.82, 2.24) is 5.32 Å². The second-order valence-electron chi connectivity index (χ2n) is 5.37. The Hall–Kier alpha value is -1.90. The Morgan fingerprint density at radius 3 is 2.44 bits per heavy atom. The van der Waals surface area contributed by atoms with E-state index in [1.807, 2.05) is 6.92 Å². The highest BCUT2D eigenvalue weighted by molar-refractivity contribution is 9.10. The Bertz CT molecular complexity index is 851. The molecule has 2 aromatic carbocycles. The van der Waals surface area contributed by atoms with E-state index >= 15 is 0 Å². The van der Waals surface area contributed by atoms with Crippen molar-refractivity contribution in [3.05, 3.63) is 58.1 Å². The molecule has 1 amide bonds. The summed E-state index contributed by atoms with van der Waals surface area (Å²) in [6, 6.07) is 11.2. The number of nitrogens with one attached hydrogen (secondary N) is 1. The van der Waals surface area contributed by atoms with E-state index in [1.165, 1.54) is 12.1 Å². The molecule has 0 aliphatic rings. The van der Waals surface area contributed by atoms with Gasteiger partial charge in [-0.25, -0.2) is 13.6 Å². The van der Waals surface area contributed by atoms with E-state index in [2.05, 4.69) is 21.2 Å². The molecule has 3 N–H and O–H groups in total. The Morgan fingerprint density at radius 1 is 1.20 bits per heavy atom. The Labute approximate surface area is 155 Å². The molecule has 0 radical (unpaired) electrons. The number of benzene rings is 2. The molecule has 0 saturated carbocycles. The number of hydrogen-bond donors (Lipinski definition) is 2. The predicted molar refractivity (Wildman–Crippen MR) is 98.9 cm³/mol. The minimum absolute atomic E-state index is 0.0363. The second kappa shape index (κ2) is 8.46. The van der Waals surface area contributed by atoms with Gasteiger partial charge in [-0.1, -0.05) is 19.1 Å². The maximum Gasteiger partial charge on any atom is 0.251 e. The van der Waals surface area contributed by atoms with E-state index in [0.717, 1.165) is 12.0 Å². The summed E-state index contributed by atoms with van der Waals surface area (Å²) < 4.78 is 28.7. The lowest BCUT2D eigenvalue weighted by Crippen LogP contribution is -2.22. The van der Waals surface area contributed by atoms with Crippen LogP contribution in [0.5, 0.6) is 5.75 Å². The fraction of sp³-hybridized carbons (Fsp3) is 0.235. The molecule has 0 atom stereocenters. The summed E-state index contributed by atoms with van der Waals surface area (Å²) in [6.45, 7) is 2.90. The number of primary sulfonamides is 1. The number of carbonyl (C=O) groups is 1. The highest BCUT2D eigenvalue weighted by Crippen LogP contribution is 2.26. The van der Waals surface area contributed by atoms with Crippen molar-refractivity contribution in [3.8, 4) is 5.75 Å². The molecular weight excluding hydrogens is 408 g/mol. The number of amides is 1. The third kappa shape index (κ3) is 5.55. The number of sulfonamides is 1. The lowest BCUT2D eigenvalue weighted by molar-refractivity contribution is 0.0950. The van der Waals surface area contributed by atoms with Gasteiger partial charge in [-0.3, -0.25) is 4.79 Å². The number of halogens is 1. The minimum Gasteiger partial charge on any atom is -0.492 e. The van der Waals surface area contributed by atoms with Crippen molar-refractivity contribution in [1.29, 1.82) is 0 Å². The van der Waals surface area contributed by atoms with Gasteiger partial charge in [0.1, 0.15) is 5.75 Å². The first-order chi connectivity index (χ1) is 11.8. The van der Waals surface area contributed by atoms with E-state index in [-0.39, 0.29) is 17.3 Å². The number of hydrogen-bond acceptors (Lipinski definition) is 4. The smallest absolute Gasteiger partial charge is 0.251 e. The third-order valence-electron chi connectivity index (χ3n) is 3.36. The van der Waals surface area contributed by atoms with Gasteiger partial charge in [0.2, 0.25) is 10.0 Å². The molecule has 134 valence electrons. The summed E-state index contributed by atoms with van der Waals surface area (Å²) in [4.78, 5) is 12.3. The number of nitrogens with two attached hydrogens (primary N) is 1. The zero-order valence-electron chi connectivity index (χ0n) is 13.7. The van der Waals surface area contributed by atoms with Crippen molar-refractivity contribution in [2.45, 2.75) is 24.8 Å². The van der Waals surface area contributed by atoms with Gasteiger partial charge in [0.25, 0.3) is 5.91 Å². The molecule has 0 aromatic heterocycles. The first kappa shape index (κ1) is 19.4. The average Bonchev–Trinajstić information content (AvgIpc) is 2.58. The van der Waals surface area contributed by atoms with Gasteiger partial charge in [0.05, 0.1) is 16.0 Å². The zero-order valence-corrected chi connectivity index (χ0v) is 16.1. The van der Waals surface area contributed by atoms with Crippen LogP contribution in [0.3, 0.4) is 0 Å². The molecular formula is C17H19BrN2O4S. The minimum atomic E-state index is -3.71. The van der Waals surface area contributed by atoms with Crippen LogP contribution in [0.4, 0.5) is 0 Å². The molecule has 0 fully saturated rings. The van der Waals surface area contributed by atoms with Crippen LogP contribution in [0, 0.1) is 0 Å². The van der Waals surface area contributed by atoms with Gasteiger partial charge in [-0.05, 0) is 58.2 Å². The van der Waals surface area contributed by atoms with Crippen LogP contribution in [0.25, 0.3) is 0 Å². The van der Waals surface area contributed by atoms with E-state index in [1.54, 1.807) is 30.3 Å². The van der Waals surface area contributed by atoms with E-state index < -0.39 is 10.0 Å². The summed E-state index contributed by atoms with van der Waals surface area (Å²) in [5, 5.41) is 7.83. The van der Waals surface area contributed by atoms with Crippen molar-refractivity contribution in [2.75, 3.05) is 6.61 Å². The van der Waals surface area contributed by atoms with Gasteiger partial charge in [-0.2, -0.15) is 0 Å². The van der Waals surface area contributed by atoms with Crippen molar-refractivity contribution in [3.63, 3.8) is 0 Å². The standard InChI is InChI=1S/C17H19BrN2O4S/c1-2-9-24-16-8-5-13(10-15(16)18)17(21)20-11-12-3-6-14(7-4-12)25(19,22)23/h3-8,10H,2,9,11H2,1H3,(H,20,21)(H2,19,22,23). The topological polar surface area (TPSA) is 98.5 Å². The molecule has 2 aromatic rings. The van der Waals surface area contributed by atoms with E-state index in [0.29, 0.717) is 22.4 Å². The fourth-order valence-electron chi connectivity index (χ4n) is 2.05. The van der Waals surface area contributed by atoms with Gasteiger partial charge >= 0.3 is 0 Å². The molecule has 25 heavy (non-hydrogen) atoms.